The zero-order valence-corrected chi connectivity index (χ0v) is 12.6. The number of hydrogen-bond donors (Lipinski definition) is 2. The Balaban J connectivity index is 1.98. The molecule has 0 spiro atoms. The molecule has 0 radical (unpaired) electrons. The standard InChI is InChI=1S/C14H21NO4S/c1-10-9-12(19-2)5-6-14(10)20(17,18)15-8-7-13(16)11-3-4-11/h5-6,9,11,13,15-16H,3-4,7-8H2,1-2H3. The molecule has 1 aromatic rings. The Morgan fingerprint density at radius 2 is 2.15 bits per heavy atom. The largest absolute Gasteiger partial charge is 0.497 e. The van der Waals surface area contributed by atoms with Gasteiger partial charge in [-0.1, -0.05) is 0 Å². The second-order valence-corrected chi connectivity index (χ2v) is 6.96. The second kappa shape index (κ2) is 6.11. The third-order valence-electron chi connectivity index (χ3n) is 3.57. The van der Waals surface area contributed by atoms with E-state index in [2.05, 4.69) is 4.72 Å². The van der Waals surface area contributed by atoms with E-state index in [0.29, 0.717) is 23.7 Å². The van der Waals surface area contributed by atoms with Crippen molar-refractivity contribution in [3.8, 4) is 5.75 Å². The molecule has 0 bridgehead atoms. The van der Waals surface area contributed by atoms with E-state index < -0.39 is 16.1 Å². The molecule has 1 saturated carbocycles. The molecule has 112 valence electrons. The first-order valence-corrected chi connectivity index (χ1v) is 8.24. The third kappa shape index (κ3) is 3.71. The van der Waals surface area contributed by atoms with Crippen LogP contribution in [0.1, 0.15) is 24.8 Å². The zero-order valence-electron chi connectivity index (χ0n) is 11.8. The maximum Gasteiger partial charge on any atom is 0.240 e. The van der Waals surface area contributed by atoms with E-state index in [9.17, 15) is 13.5 Å². The molecule has 1 aliphatic carbocycles. The van der Waals surface area contributed by atoms with Crippen LogP contribution in [0.3, 0.4) is 0 Å². The van der Waals surface area contributed by atoms with Crippen LogP contribution in [0.25, 0.3) is 0 Å². The number of aryl methyl sites for hydroxylation is 1. The summed E-state index contributed by atoms with van der Waals surface area (Å²) in [7, 11) is -1.99. The lowest BCUT2D eigenvalue weighted by molar-refractivity contribution is 0.143. The number of sulfonamides is 1. The predicted molar refractivity (Wildman–Crippen MR) is 76.3 cm³/mol. The van der Waals surface area contributed by atoms with Crippen LogP contribution in [0, 0.1) is 12.8 Å². The molecule has 0 aromatic heterocycles. The van der Waals surface area contributed by atoms with E-state index in [-0.39, 0.29) is 11.4 Å². The molecule has 6 heteroatoms. The maximum absolute atomic E-state index is 12.2. The maximum atomic E-state index is 12.2. The van der Waals surface area contributed by atoms with Gasteiger partial charge in [-0.2, -0.15) is 0 Å². The van der Waals surface area contributed by atoms with Crippen molar-refractivity contribution < 1.29 is 18.3 Å². The highest BCUT2D eigenvalue weighted by molar-refractivity contribution is 7.89. The summed E-state index contributed by atoms with van der Waals surface area (Å²) in [5, 5.41) is 9.73. The molecule has 0 saturated heterocycles. The van der Waals surface area contributed by atoms with Gasteiger partial charge in [-0.15, -0.1) is 0 Å². The highest BCUT2D eigenvalue weighted by Crippen LogP contribution is 2.33. The quantitative estimate of drug-likeness (QED) is 0.799. The Bertz CT molecular complexity index is 567. The number of hydrogen-bond acceptors (Lipinski definition) is 4. The summed E-state index contributed by atoms with van der Waals surface area (Å²) >= 11 is 0. The summed E-state index contributed by atoms with van der Waals surface area (Å²) in [5.41, 5.74) is 0.639. The van der Waals surface area contributed by atoms with Gasteiger partial charge >= 0.3 is 0 Å². The van der Waals surface area contributed by atoms with Crippen molar-refractivity contribution in [2.45, 2.75) is 37.2 Å². The number of rotatable bonds is 7. The van der Waals surface area contributed by atoms with E-state index in [0.717, 1.165) is 12.8 Å². The first-order chi connectivity index (χ1) is 9.44. The SMILES string of the molecule is COc1ccc(S(=O)(=O)NCCC(O)C2CC2)c(C)c1. The Morgan fingerprint density at radius 3 is 2.70 bits per heavy atom. The molecule has 2 rings (SSSR count). The molecule has 1 fully saturated rings. The van der Waals surface area contributed by atoms with Gasteiger partial charge in [0.25, 0.3) is 0 Å². The van der Waals surface area contributed by atoms with Crippen LogP contribution in [0.2, 0.25) is 0 Å². The van der Waals surface area contributed by atoms with Crippen LogP contribution >= 0.6 is 0 Å². The summed E-state index contributed by atoms with van der Waals surface area (Å²) < 4.78 is 32.0. The fourth-order valence-electron chi connectivity index (χ4n) is 2.19. The van der Waals surface area contributed by atoms with Crippen molar-refractivity contribution in [1.82, 2.24) is 4.72 Å². The van der Waals surface area contributed by atoms with Crippen molar-refractivity contribution in [3.05, 3.63) is 23.8 Å². The highest BCUT2D eigenvalue weighted by atomic mass is 32.2. The molecule has 1 atom stereocenters. The number of methoxy groups -OCH3 is 1. The van der Waals surface area contributed by atoms with Gasteiger partial charge in [0.2, 0.25) is 10.0 Å². The number of aliphatic hydroxyl groups is 1. The van der Waals surface area contributed by atoms with E-state index >= 15 is 0 Å². The zero-order chi connectivity index (χ0) is 14.8. The topological polar surface area (TPSA) is 75.6 Å². The Labute approximate surface area is 120 Å². The summed E-state index contributed by atoms with van der Waals surface area (Å²) in [5.74, 6) is 0.993. The second-order valence-electron chi connectivity index (χ2n) is 5.22. The van der Waals surface area contributed by atoms with Crippen molar-refractivity contribution in [3.63, 3.8) is 0 Å². The summed E-state index contributed by atoms with van der Waals surface area (Å²) in [4.78, 5) is 0.249. The van der Waals surface area contributed by atoms with Crippen LogP contribution in [-0.2, 0) is 10.0 Å². The van der Waals surface area contributed by atoms with Gasteiger partial charge in [0.05, 0.1) is 18.1 Å². The molecule has 1 aliphatic rings. The van der Waals surface area contributed by atoms with Crippen molar-refractivity contribution >= 4 is 10.0 Å². The lowest BCUT2D eigenvalue weighted by Crippen LogP contribution is -2.28. The van der Waals surface area contributed by atoms with Crippen LogP contribution in [0.5, 0.6) is 5.75 Å². The van der Waals surface area contributed by atoms with Crippen LogP contribution in [0.4, 0.5) is 0 Å². The Morgan fingerprint density at radius 1 is 1.45 bits per heavy atom. The van der Waals surface area contributed by atoms with Gasteiger partial charge in [-0.25, -0.2) is 13.1 Å². The Hall–Kier alpha value is -1.11. The highest BCUT2D eigenvalue weighted by Gasteiger charge is 2.29. The lowest BCUT2D eigenvalue weighted by Gasteiger charge is -2.12. The van der Waals surface area contributed by atoms with E-state index in [1.165, 1.54) is 6.07 Å². The number of aliphatic hydroxyl groups excluding tert-OH is 1. The molecule has 0 heterocycles. The molecular formula is C14H21NO4S. The molecule has 0 amide bonds. The number of nitrogens with one attached hydrogen (secondary N) is 1. The Kier molecular flexibility index (Phi) is 4.67. The average Bonchev–Trinajstić information content (AvgIpc) is 3.22. The fraction of sp³-hybridized carbons (Fsp3) is 0.571. The number of benzene rings is 1. The molecule has 1 aromatic carbocycles. The number of ether oxygens (including phenoxy) is 1. The van der Waals surface area contributed by atoms with Crippen LogP contribution in [-0.4, -0.2) is 33.3 Å². The van der Waals surface area contributed by atoms with Gasteiger partial charge < -0.3 is 9.84 Å². The van der Waals surface area contributed by atoms with Crippen LogP contribution in [0.15, 0.2) is 23.1 Å². The van der Waals surface area contributed by atoms with Gasteiger partial charge in [-0.05, 0) is 55.9 Å². The van der Waals surface area contributed by atoms with Crippen molar-refractivity contribution in [2.75, 3.05) is 13.7 Å². The molecule has 1 unspecified atom stereocenters. The van der Waals surface area contributed by atoms with Gasteiger partial charge in [-0.3, -0.25) is 0 Å². The van der Waals surface area contributed by atoms with Crippen LogP contribution < -0.4 is 9.46 Å². The van der Waals surface area contributed by atoms with Gasteiger partial charge in [0.1, 0.15) is 5.75 Å². The van der Waals surface area contributed by atoms with E-state index in [1.807, 2.05) is 0 Å². The van der Waals surface area contributed by atoms with Crippen molar-refractivity contribution in [2.24, 2.45) is 5.92 Å². The van der Waals surface area contributed by atoms with E-state index in [4.69, 9.17) is 4.74 Å². The summed E-state index contributed by atoms with van der Waals surface area (Å²) in [6.45, 7) is 1.99. The molecule has 2 N–H and O–H groups in total. The minimum absolute atomic E-state index is 0.249. The van der Waals surface area contributed by atoms with Crippen molar-refractivity contribution in [1.29, 1.82) is 0 Å². The predicted octanol–water partition coefficient (Wildman–Crippen LogP) is 1.44. The van der Waals surface area contributed by atoms with E-state index in [1.54, 1.807) is 26.2 Å². The smallest absolute Gasteiger partial charge is 0.240 e. The first-order valence-electron chi connectivity index (χ1n) is 6.76. The minimum atomic E-state index is -3.53. The van der Waals surface area contributed by atoms with Gasteiger partial charge in [0, 0.05) is 6.54 Å². The monoisotopic (exact) mass is 299 g/mol. The summed E-state index contributed by atoms with van der Waals surface area (Å²) in [6.07, 6.45) is 2.16. The molecule has 20 heavy (non-hydrogen) atoms. The molecular weight excluding hydrogens is 278 g/mol. The first kappa shape index (κ1) is 15.3. The minimum Gasteiger partial charge on any atom is -0.497 e. The molecule has 5 nitrogen and oxygen atoms in total. The third-order valence-corrected chi connectivity index (χ3v) is 5.19. The average molecular weight is 299 g/mol. The fourth-order valence-corrected chi connectivity index (χ4v) is 3.46. The lowest BCUT2D eigenvalue weighted by atomic mass is 10.2. The normalized spacial score (nSPS) is 16.9. The van der Waals surface area contributed by atoms with Gasteiger partial charge in [0.15, 0.2) is 0 Å². The molecule has 0 aliphatic heterocycles. The summed E-state index contributed by atoms with van der Waals surface area (Å²) in [6, 6.07) is 4.85.